The first kappa shape index (κ1) is 15.5. The molecule has 0 saturated carbocycles. The van der Waals surface area contributed by atoms with E-state index >= 15 is 0 Å². The number of rotatable bonds is 5. The largest absolute Gasteiger partial charge is 0.462 e. The molecule has 0 heterocycles. The number of nitrogen functional groups attached to an aromatic ring is 1. The van der Waals surface area contributed by atoms with Gasteiger partial charge in [0.05, 0.1) is 17.9 Å². The normalized spacial score (nSPS) is 10.4. The predicted octanol–water partition coefficient (Wildman–Crippen LogP) is 3.96. The lowest BCUT2D eigenvalue weighted by Crippen LogP contribution is -2.09. The van der Waals surface area contributed by atoms with Crippen LogP contribution in [-0.4, -0.2) is 12.6 Å². The number of nitrogens with two attached hydrogens (primary N) is 1. The van der Waals surface area contributed by atoms with Gasteiger partial charge in [-0.2, -0.15) is 0 Å². The van der Waals surface area contributed by atoms with Crippen molar-refractivity contribution in [3.8, 4) is 0 Å². The molecule has 2 aromatic carbocycles. The van der Waals surface area contributed by atoms with Crippen molar-refractivity contribution in [1.29, 1.82) is 0 Å². The van der Waals surface area contributed by atoms with Crippen molar-refractivity contribution >= 4 is 27.6 Å². The van der Waals surface area contributed by atoms with E-state index < -0.39 is 11.8 Å². The zero-order chi connectivity index (χ0) is 15.2. The first-order chi connectivity index (χ1) is 10.1. The lowest BCUT2D eigenvalue weighted by molar-refractivity contribution is 0.0499. The molecule has 0 fully saturated rings. The fourth-order valence-electron chi connectivity index (χ4n) is 1.89. The van der Waals surface area contributed by atoms with E-state index in [0.29, 0.717) is 11.1 Å². The van der Waals surface area contributed by atoms with Crippen LogP contribution in [0.25, 0.3) is 0 Å². The number of hydrogen-bond acceptors (Lipinski definition) is 3. The average molecular weight is 352 g/mol. The molecule has 0 radical (unpaired) electrons. The summed E-state index contributed by atoms with van der Waals surface area (Å²) in [6.45, 7) is 0.303. The molecule has 0 aliphatic carbocycles. The molecule has 2 rings (SSSR count). The van der Waals surface area contributed by atoms with Crippen molar-refractivity contribution in [3.63, 3.8) is 0 Å². The molecule has 2 N–H and O–H groups in total. The minimum absolute atomic E-state index is 0.0746. The third-order valence-electron chi connectivity index (χ3n) is 2.99. The predicted molar refractivity (Wildman–Crippen MR) is 83.6 cm³/mol. The zero-order valence-corrected chi connectivity index (χ0v) is 12.9. The second-order valence-electron chi connectivity index (χ2n) is 4.58. The fourth-order valence-corrected chi connectivity index (χ4v) is 2.36. The van der Waals surface area contributed by atoms with Crippen LogP contribution in [-0.2, 0) is 11.2 Å². The van der Waals surface area contributed by atoms with E-state index in [-0.39, 0.29) is 11.3 Å². The summed E-state index contributed by atoms with van der Waals surface area (Å²) in [6.07, 6.45) is 1.56. The minimum Gasteiger partial charge on any atom is -0.462 e. The molecule has 0 unspecified atom stereocenters. The topological polar surface area (TPSA) is 52.3 Å². The highest BCUT2D eigenvalue weighted by molar-refractivity contribution is 9.10. The van der Waals surface area contributed by atoms with Gasteiger partial charge in [0.25, 0.3) is 0 Å². The molecule has 0 saturated heterocycles. The smallest absolute Gasteiger partial charge is 0.339 e. The Labute approximate surface area is 131 Å². The summed E-state index contributed by atoms with van der Waals surface area (Å²) in [5, 5.41) is 0. The third-order valence-corrected chi connectivity index (χ3v) is 3.65. The van der Waals surface area contributed by atoms with Gasteiger partial charge in [0.15, 0.2) is 0 Å². The molecular formula is C16H15BrFNO2. The van der Waals surface area contributed by atoms with E-state index in [2.05, 4.69) is 15.9 Å². The van der Waals surface area contributed by atoms with E-state index in [1.54, 1.807) is 0 Å². The number of hydrogen-bond donors (Lipinski definition) is 1. The van der Waals surface area contributed by atoms with E-state index in [0.717, 1.165) is 18.9 Å². The van der Waals surface area contributed by atoms with Crippen molar-refractivity contribution < 1.29 is 13.9 Å². The highest BCUT2D eigenvalue weighted by atomic mass is 79.9. The summed E-state index contributed by atoms with van der Waals surface area (Å²) in [5.74, 6) is -1.08. The summed E-state index contributed by atoms with van der Waals surface area (Å²) in [5.41, 5.74) is 6.81. The van der Waals surface area contributed by atoms with Gasteiger partial charge < -0.3 is 10.5 Å². The van der Waals surface area contributed by atoms with Crippen LogP contribution in [0.3, 0.4) is 0 Å². The minimum atomic E-state index is -0.567. The Bertz CT molecular complexity index is 632. The molecule has 0 aliphatic rings. The number of esters is 1. The average Bonchev–Trinajstić information content (AvgIpc) is 2.48. The van der Waals surface area contributed by atoms with Crippen LogP contribution >= 0.6 is 15.9 Å². The van der Waals surface area contributed by atoms with Crippen molar-refractivity contribution in [3.05, 3.63) is 63.9 Å². The molecule has 0 amide bonds. The first-order valence-electron chi connectivity index (χ1n) is 6.53. The fraction of sp³-hybridized carbons (Fsp3) is 0.188. The van der Waals surface area contributed by atoms with Crippen molar-refractivity contribution in [1.82, 2.24) is 0 Å². The molecular weight excluding hydrogens is 337 g/mol. The lowest BCUT2D eigenvalue weighted by Gasteiger charge is -2.08. The van der Waals surface area contributed by atoms with Crippen molar-refractivity contribution in [2.45, 2.75) is 12.8 Å². The molecule has 21 heavy (non-hydrogen) atoms. The Morgan fingerprint density at radius 2 is 1.95 bits per heavy atom. The maximum absolute atomic E-state index is 13.2. The highest BCUT2D eigenvalue weighted by Crippen LogP contribution is 2.23. The van der Waals surface area contributed by atoms with Crippen molar-refractivity contribution in [2.24, 2.45) is 0 Å². The number of halogens is 2. The first-order valence-corrected chi connectivity index (χ1v) is 7.33. The van der Waals surface area contributed by atoms with Gasteiger partial charge in [-0.3, -0.25) is 0 Å². The van der Waals surface area contributed by atoms with E-state index in [9.17, 15) is 9.18 Å². The maximum Gasteiger partial charge on any atom is 0.339 e. The molecule has 0 aromatic heterocycles. The second-order valence-corrected chi connectivity index (χ2v) is 5.43. The summed E-state index contributed by atoms with van der Waals surface area (Å²) in [7, 11) is 0. The molecule has 0 atom stereocenters. The zero-order valence-electron chi connectivity index (χ0n) is 11.3. The Morgan fingerprint density at radius 1 is 1.24 bits per heavy atom. The van der Waals surface area contributed by atoms with Gasteiger partial charge >= 0.3 is 5.97 Å². The van der Waals surface area contributed by atoms with E-state index in [4.69, 9.17) is 10.5 Å². The van der Waals surface area contributed by atoms with Gasteiger partial charge in [0.1, 0.15) is 5.82 Å². The summed E-state index contributed by atoms with van der Waals surface area (Å²) in [6, 6.07) is 12.4. The van der Waals surface area contributed by atoms with Gasteiger partial charge in [-0.1, -0.05) is 30.3 Å². The third kappa shape index (κ3) is 4.29. The van der Waals surface area contributed by atoms with E-state index in [1.807, 2.05) is 30.3 Å². The number of aryl methyl sites for hydroxylation is 1. The molecule has 2 aromatic rings. The number of benzene rings is 2. The highest BCUT2D eigenvalue weighted by Gasteiger charge is 2.14. The standard InChI is InChI=1S/C16H15BrFNO2/c17-13-10-14(18)15(19)9-12(13)16(20)21-8-4-7-11-5-2-1-3-6-11/h1-3,5-6,9-10H,4,7-8,19H2. The number of ether oxygens (including phenoxy) is 1. The van der Waals surface area contributed by atoms with Crippen LogP contribution < -0.4 is 5.73 Å². The Kier molecular flexibility index (Phi) is 5.33. The Balaban J connectivity index is 1.86. The Hall–Kier alpha value is -1.88. The summed E-state index contributed by atoms with van der Waals surface area (Å²) in [4.78, 5) is 11.9. The van der Waals surface area contributed by atoms with Crippen molar-refractivity contribution in [2.75, 3.05) is 12.3 Å². The van der Waals surface area contributed by atoms with Crippen LogP contribution in [0.2, 0.25) is 0 Å². The lowest BCUT2D eigenvalue weighted by atomic mass is 10.1. The molecule has 0 spiro atoms. The Morgan fingerprint density at radius 3 is 2.67 bits per heavy atom. The molecule has 0 aliphatic heterocycles. The molecule has 3 nitrogen and oxygen atoms in total. The summed E-state index contributed by atoms with van der Waals surface area (Å²) < 4.78 is 18.7. The van der Waals surface area contributed by atoms with Crippen LogP contribution in [0.15, 0.2) is 46.9 Å². The van der Waals surface area contributed by atoms with E-state index in [1.165, 1.54) is 11.6 Å². The van der Waals surface area contributed by atoms with Gasteiger partial charge in [-0.05, 0) is 46.5 Å². The van der Waals surface area contributed by atoms with Crippen LogP contribution in [0, 0.1) is 5.82 Å². The SMILES string of the molecule is Nc1cc(C(=O)OCCCc2ccccc2)c(Br)cc1F. The monoisotopic (exact) mass is 351 g/mol. The molecule has 0 bridgehead atoms. The van der Waals surface area contributed by atoms with Gasteiger partial charge in [-0.15, -0.1) is 0 Å². The maximum atomic E-state index is 13.2. The van der Waals surface area contributed by atoms with Crippen LogP contribution in [0.1, 0.15) is 22.3 Å². The quantitative estimate of drug-likeness (QED) is 0.503. The summed E-state index contributed by atoms with van der Waals surface area (Å²) >= 11 is 3.13. The molecule has 5 heteroatoms. The van der Waals surface area contributed by atoms with Crippen LogP contribution in [0.5, 0.6) is 0 Å². The number of anilines is 1. The van der Waals surface area contributed by atoms with Gasteiger partial charge in [-0.25, -0.2) is 9.18 Å². The molecule has 110 valence electrons. The second kappa shape index (κ2) is 7.22. The van der Waals surface area contributed by atoms with Crippen LogP contribution in [0.4, 0.5) is 10.1 Å². The van der Waals surface area contributed by atoms with Gasteiger partial charge in [0, 0.05) is 4.47 Å². The number of carbonyl (C=O) groups is 1. The number of carbonyl (C=O) groups excluding carboxylic acids is 1. The van der Waals surface area contributed by atoms with Gasteiger partial charge in [0.2, 0.25) is 0 Å².